The summed E-state index contributed by atoms with van der Waals surface area (Å²) in [5.74, 6) is 0. The van der Waals surface area contributed by atoms with Crippen molar-refractivity contribution in [3.8, 4) is 0 Å². The molecule has 0 atom stereocenters. The van der Waals surface area contributed by atoms with Crippen LogP contribution in [0.25, 0.3) is 0 Å². The van der Waals surface area contributed by atoms with Gasteiger partial charge in [0.05, 0.1) is 0 Å². The van der Waals surface area contributed by atoms with Gasteiger partial charge in [-0.2, -0.15) is 0 Å². The molecule has 0 unspecified atom stereocenters. The normalized spacial score (nSPS) is 0. The summed E-state index contributed by atoms with van der Waals surface area (Å²) < 4.78 is 0. The Morgan fingerprint density at radius 3 is 0.429 bits per heavy atom. The second-order valence-corrected chi connectivity index (χ2v) is 0. The Hall–Kier alpha value is 1.28. The fourth-order valence-electron chi connectivity index (χ4n) is 0. The monoisotopic (exact) mass is 478 g/mol. The van der Waals surface area contributed by atoms with Gasteiger partial charge in [-0.25, -0.2) is 0 Å². The minimum absolute atomic E-state index is 0. The van der Waals surface area contributed by atoms with Crippen molar-refractivity contribution < 1.29 is 72.1 Å². The topological polar surface area (TPSA) is 148 Å². The predicted molar refractivity (Wildman–Crippen MR) is 9.29 cm³/mol. The Morgan fingerprint density at radius 2 is 0.429 bits per heavy atom. The number of hydrogen-bond donors (Lipinski definition) is 0. The van der Waals surface area contributed by atoms with Crippen LogP contribution < -0.4 is 0 Å². The first-order valence-electron chi connectivity index (χ1n) is 0. The molecule has 0 aromatic rings. The third-order valence-corrected chi connectivity index (χ3v) is 0. The molecule has 0 saturated carbocycles. The van der Waals surface area contributed by atoms with Gasteiger partial charge in [0.25, 0.3) is 0 Å². The molecule has 4 N–H and O–H groups in total. The molecule has 0 spiro atoms. The van der Waals surface area contributed by atoms with Crippen LogP contribution in [0.2, 0.25) is 0 Å². The third kappa shape index (κ3) is 124. The number of rotatable bonds is 0. The van der Waals surface area contributed by atoms with E-state index in [1.807, 2.05) is 0 Å². The Labute approximate surface area is 72.0 Å². The second kappa shape index (κ2) is 175. The van der Waals surface area contributed by atoms with E-state index in [9.17, 15) is 0 Å². The van der Waals surface area contributed by atoms with Gasteiger partial charge in [-0.15, -0.1) is 0 Å². The second-order valence-electron chi connectivity index (χ2n) is 0. The van der Waals surface area contributed by atoms with Gasteiger partial charge in [-0.1, -0.05) is 0 Å². The molecular weight excluding hydrogens is 474 g/mol. The molecule has 0 radical (unpaired) electrons. The Kier molecular flexibility index (Phi) is 6700. The van der Waals surface area contributed by atoms with Gasteiger partial charge in [0.15, 0.2) is 0 Å². The van der Waals surface area contributed by atoms with Crippen LogP contribution >= 0.6 is 0 Å². The first-order valence-corrected chi connectivity index (χ1v) is 0. The van der Waals surface area contributed by atoms with Crippen LogP contribution in [-0.2, 0) is 61.2 Å². The van der Waals surface area contributed by atoms with Gasteiger partial charge in [0.1, 0.15) is 0 Å². The molecule has 0 fully saturated rings. The van der Waals surface area contributed by atoms with E-state index >= 15 is 0 Å². The van der Waals surface area contributed by atoms with Crippen molar-refractivity contribution in [2.75, 3.05) is 0 Å². The molecule has 7 heteroatoms. The molecular formula is H4Au2O5. The van der Waals surface area contributed by atoms with Gasteiger partial charge in [0, 0.05) is 0 Å². The Morgan fingerprint density at radius 1 is 0.429 bits per heavy atom. The van der Waals surface area contributed by atoms with Crippen LogP contribution in [0.5, 0.6) is 0 Å². The zero-order valence-electron chi connectivity index (χ0n) is 2.83. The van der Waals surface area contributed by atoms with Crippen LogP contribution in [0.15, 0.2) is 0 Å². The smallest absolute Gasteiger partial charge is 2.00 e. The average molecular weight is 478 g/mol. The molecule has 0 bridgehead atoms. The van der Waals surface area contributed by atoms with E-state index in [0.29, 0.717) is 0 Å². The fraction of sp³-hybridized carbons (Fsp3) is 0. The van der Waals surface area contributed by atoms with Crippen molar-refractivity contribution in [2.24, 2.45) is 0 Å². The van der Waals surface area contributed by atoms with Crippen LogP contribution in [0.1, 0.15) is 0 Å². The number of hydrogen-bond acceptors (Lipinski definition) is 0. The molecule has 0 aliphatic carbocycles. The molecule has 7 heavy (non-hydrogen) atoms. The van der Waals surface area contributed by atoms with Crippen LogP contribution in [0.4, 0.5) is 0 Å². The largest absolute Gasteiger partial charge is 3.00 e. The molecule has 56 valence electrons. The maximum atomic E-state index is 0. The summed E-state index contributed by atoms with van der Waals surface area (Å²) in [5.41, 5.74) is 0. The predicted octanol–water partition coefficient (Wildman–Crippen LogP) is -2.01. The zero-order valence-corrected chi connectivity index (χ0v) is 7.16. The average Bonchev–Trinajstić information content (AvgIpc) is 0. The SMILES string of the molecule is O.O.[Au+3].[Au+3].[O-2].[O-2].[O-2]. The molecule has 0 rings (SSSR count). The van der Waals surface area contributed by atoms with Gasteiger partial charge in [-0.3, -0.25) is 0 Å². The summed E-state index contributed by atoms with van der Waals surface area (Å²) >= 11 is 0. The maximum Gasteiger partial charge on any atom is 3.00 e. The first kappa shape index (κ1) is 268. The van der Waals surface area contributed by atoms with Gasteiger partial charge >= 0.3 is 44.8 Å². The van der Waals surface area contributed by atoms with E-state index < -0.39 is 0 Å². The molecule has 5 nitrogen and oxygen atoms in total. The van der Waals surface area contributed by atoms with Crippen LogP contribution in [0.3, 0.4) is 0 Å². The van der Waals surface area contributed by atoms with Crippen molar-refractivity contribution in [1.82, 2.24) is 0 Å². The summed E-state index contributed by atoms with van der Waals surface area (Å²) in [6, 6.07) is 0. The molecule has 0 amide bonds. The molecule has 0 saturated heterocycles. The van der Waals surface area contributed by atoms with E-state index in [0.717, 1.165) is 0 Å². The summed E-state index contributed by atoms with van der Waals surface area (Å²) in [6.07, 6.45) is 0. The third-order valence-electron chi connectivity index (χ3n) is 0. The molecule has 0 aliphatic heterocycles. The minimum atomic E-state index is 0. The first-order chi connectivity index (χ1) is 0. The van der Waals surface area contributed by atoms with Crippen molar-refractivity contribution >= 4 is 0 Å². The standard InChI is InChI=1S/2Au.2H2O.3O/h;;2*1H2;;;/q2*+3;;;3*-2. The Bertz CT molecular complexity index is 6.04. The minimum Gasteiger partial charge on any atom is -2.00 e. The summed E-state index contributed by atoms with van der Waals surface area (Å²) in [4.78, 5) is 0. The van der Waals surface area contributed by atoms with Gasteiger partial charge in [-0.05, 0) is 0 Å². The zero-order chi connectivity index (χ0) is 0. The van der Waals surface area contributed by atoms with Crippen LogP contribution in [-0.4, -0.2) is 11.0 Å². The van der Waals surface area contributed by atoms with Crippen molar-refractivity contribution in [3.63, 3.8) is 0 Å². The summed E-state index contributed by atoms with van der Waals surface area (Å²) in [7, 11) is 0. The molecule has 0 aromatic heterocycles. The maximum absolute atomic E-state index is 0. The van der Waals surface area contributed by atoms with Crippen molar-refractivity contribution in [3.05, 3.63) is 0 Å². The van der Waals surface area contributed by atoms with Gasteiger partial charge < -0.3 is 27.4 Å². The van der Waals surface area contributed by atoms with Crippen LogP contribution in [0, 0.1) is 0 Å². The van der Waals surface area contributed by atoms with E-state index in [1.165, 1.54) is 0 Å². The van der Waals surface area contributed by atoms with E-state index in [1.54, 1.807) is 0 Å². The van der Waals surface area contributed by atoms with E-state index in [4.69, 9.17) is 0 Å². The molecule has 0 aromatic carbocycles. The quantitative estimate of drug-likeness (QED) is 0.354. The Balaban J connectivity index is 0. The summed E-state index contributed by atoms with van der Waals surface area (Å²) in [5, 5.41) is 0. The van der Waals surface area contributed by atoms with Crippen molar-refractivity contribution in [2.45, 2.75) is 0 Å². The molecule has 0 heterocycles. The van der Waals surface area contributed by atoms with E-state index in [2.05, 4.69) is 0 Å². The summed E-state index contributed by atoms with van der Waals surface area (Å²) in [6.45, 7) is 0. The fourth-order valence-corrected chi connectivity index (χ4v) is 0. The van der Waals surface area contributed by atoms with Crippen molar-refractivity contribution in [1.29, 1.82) is 0 Å². The van der Waals surface area contributed by atoms with E-state index in [-0.39, 0.29) is 72.1 Å². The molecule has 0 aliphatic rings. The van der Waals surface area contributed by atoms with Gasteiger partial charge in [0.2, 0.25) is 0 Å².